The summed E-state index contributed by atoms with van der Waals surface area (Å²) in [5.74, 6) is 0.793. The predicted molar refractivity (Wildman–Crippen MR) is 70.7 cm³/mol. The number of rotatable bonds is 2. The van der Waals surface area contributed by atoms with Crippen LogP contribution in [0.1, 0.15) is 0 Å². The van der Waals surface area contributed by atoms with Crippen molar-refractivity contribution in [2.45, 2.75) is 0 Å². The molecule has 7 heteroatoms. The van der Waals surface area contributed by atoms with Crippen LogP contribution in [-0.2, 0) is 0 Å². The van der Waals surface area contributed by atoms with E-state index in [1.807, 2.05) is 0 Å². The molecule has 0 aliphatic rings. The van der Waals surface area contributed by atoms with Crippen molar-refractivity contribution in [2.75, 3.05) is 5.73 Å². The normalized spacial score (nSPS) is 10.3. The largest absolute Gasteiger partial charge is 0.436 e. The molecule has 0 fully saturated rings. The number of benzene rings is 1. The van der Waals surface area contributed by atoms with Crippen LogP contribution in [0.15, 0.2) is 28.9 Å². The van der Waals surface area contributed by atoms with Crippen molar-refractivity contribution in [1.29, 1.82) is 0 Å². The number of hydrogen-bond acceptors (Lipinski definition) is 4. The van der Waals surface area contributed by atoms with E-state index in [9.17, 15) is 0 Å². The fourth-order valence-electron chi connectivity index (χ4n) is 1.10. The van der Waals surface area contributed by atoms with Gasteiger partial charge >= 0.3 is 0 Å². The summed E-state index contributed by atoms with van der Waals surface area (Å²) in [4.78, 5) is 7.74. The van der Waals surface area contributed by atoms with Gasteiger partial charge in [0.25, 0.3) is 0 Å². The van der Waals surface area contributed by atoms with E-state index in [4.69, 9.17) is 33.7 Å². The van der Waals surface area contributed by atoms with Crippen LogP contribution in [-0.4, -0.2) is 9.97 Å². The van der Waals surface area contributed by atoms with Crippen molar-refractivity contribution in [3.05, 3.63) is 38.9 Å². The van der Waals surface area contributed by atoms with Crippen molar-refractivity contribution in [1.82, 2.24) is 9.97 Å². The minimum Gasteiger partial charge on any atom is -0.436 e. The van der Waals surface area contributed by atoms with E-state index in [1.165, 1.54) is 6.20 Å². The van der Waals surface area contributed by atoms with Gasteiger partial charge in [0.05, 0.1) is 15.7 Å². The predicted octanol–water partition coefficient (Wildman–Crippen LogP) is 3.92. The zero-order valence-corrected chi connectivity index (χ0v) is 11.4. The SMILES string of the molecule is Nc1ncc(Br)c(Oc2cccc(Cl)c2Cl)n1. The molecule has 2 N–H and O–H groups in total. The Labute approximate surface area is 116 Å². The Bertz CT molecular complexity index is 565. The Morgan fingerprint density at radius 1 is 1.29 bits per heavy atom. The Morgan fingerprint density at radius 3 is 2.82 bits per heavy atom. The summed E-state index contributed by atoms with van der Waals surface area (Å²) in [6.07, 6.45) is 1.50. The second-order valence-electron chi connectivity index (χ2n) is 3.04. The molecule has 2 rings (SSSR count). The van der Waals surface area contributed by atoms with Crippen LogP contribution in [0.5, 0.6) is 11.6 Å². The van der Waals surface area contributed by atoms with Crippen molar-refractivity contribution in [2.24, 2.45) is 0 Å². The Morgan fingerprint density at radius 2 is 2.06 bits per heavy atom. The Kier molecular flexibility index (Phi) is 3.71. The van der Waals surface area contributed by atoms with Gasteiger partial charge in [-0.05, 0) is 28.1 Å². The number of halogens is 3. The third-order valence-electron chi connectivity index (χ3n) is 1.85. The highest BCUT2D eigenvalue weighted by Gasteiger charge is 2.10. The van der Waals surface area contributed by atoms with Crippen LogP contribution >= 0.6 is 39.1 Å². The van der Waals surface area contributed by atoms with Gasteiger partial charge in [0.15, 0.2) is 0 Å². The summed E-state index contributed by atoms with van der Waals surface area (Å²) in [6, 6.07) is 5.07. The first kappa shape index (κ1) is 12.4. The lowest BCUT2D eigenvalue weighted by molar-refractivity contribution is 0.459. The maximum atomic E-state index is 5.99. The minimum absolute atomic E-state index is 0.112. The number of aromatic nitrogens is 2. The number of anilines is 1. The first-order valence-corrected chi connectivity index (χ1v) is 6.02. The molecule has 0 aliphatic heterocycles. The second kappa shape index (κ2) is 5.08. The van der Waals surface area contributed by atoms with E-state index in [1.54, 1.807) is 18.2 Å². The van der Waals surface area contributed by atoms with Gasteiger partial charge in [0.1, 0.15) is 10.8 Å². The number of nitrogens with zero attached hydrogens (tertiary/aromatic N) is 2. The molecule has 0 bridgehead atoms. The fraction of sp³-hybridized carbons (Fsp3) is 0. The van der Waals surface area contributed by atoms with Crippen LogP contribution in [0.2, 0.25) is 10.0 Å². The molecular weight excluding hydrogens is 329 g/mol. The average molecular weight is 335 g/mol. The molecule has 0 saturated carbocycles. The molecule has 4 nitrogen and oxygen atoms in total. The summed E-state index contributed by atoms with van der Waals surface area (Å²) >= 11 is 15.1. The van der Waals surface area contributed by atoms with E-state index in [2.05, 4.69) is 25.9 Å². The first-order chi connectivity index (χ1) is 8.08. The van der Waals surface area contributed by atoms with Crippen molar-refractivity contribution in [3.8, 4) is 11.6 Å². The molecule has 1 aromatic heterocycles. The highest BCUT2D eigenvalue weighted by molar-refractivity contribution is 9.10. The monoisotopic (exact) mass is 333 g/mol. The van der Waals surface area contributed by atoms with E-state index in [-0.39, 0.29) is 11.8 Å². The van der Waals surface area contributed by atoms with Gasteiger partial charge in [-0.2, -0.15) is 4.98 Å². The number of hydrogen-bond donors (Lipinski definition) is 1. The lowest BCUT2D eigenvalue weighted by Gasteiger charge is -2.08. The number of nitrogen functional groups attached to an aromatic ring is 1. The molecule has 0 radical (unpaired) electrons. The zero-order chi connectivity index (χ0) is 12.4. The average Bonchev–Trinajstić information content (AvgIpc) is 2.30. The van der Waals surface area contributed by atoms with E-state index < -0.39 is 0 Å². The summed E-state index contributed by atoms with van der Waals surface area (Å²) in [7, 11) is 0. The first-order valence-electron chi connectivity index (χ1n) is 4.48. The lowest BCUT2D eigenvalue weighted by atomic mass is 10.3. The number of nitrogens with two attached hydrogens (primary N) is 1. The highest BCUT2D eigenvalue weighted by atomic mass is 79.9. The van der Waals surface area contributed by atoms with Crippen LogP contribution in [0.3, 0.4) is 0 Å². The molecule has 0 aliphatic carbocycles. The molecule has 1 heterocycles. The zero-order valence-electron chi connectivity index (χ0n) is 8.32. The van der Waals surface area contributed by atoms with E-state index in [0.29, 0.717) is 20.3 Å². The third kappa shape index (κ3) is 2.80. The lowest BCUT2D eigenvalue weighted by Crippen LogP contribution is -1.97. The van der Waals surface area contributed by atoms with Gasteiger partial charge in [-0.25, -0.2) is 4.98 Å². The van der Waals surface area contributed by atoms with Crippen LogP contribution in [0.25, 0.3) is 0 Å². The third-order valence-corrected chi connectivity index (χ3v) is 3.20. The van der Waals surface area contributed by atoms with Crippen molar-refractivity contribution < 1.29 is 4.74 Å². The molecule has 1 aromatic carbocycles. The molecule has 0 atom stereocenters. The van der Waals surface area contributed by atoms with Crippen LogP contribution < -0.4 is 10.5 Å². The van der Waals surface area contributed by atoms with Crippen molar-refractivity contribution >= 4 is 45.1 Å². The Balaban J connectivity index is 2.38. The van der Waals surface area contributed by atoms with Gasteiger partial charge in [-0.3, -0.25) is 0 Å². The molecule has 0 unspecified atom stereocenters. The van der Waals surface area contributed by atoms with E-state index >= 15 is 0 Å². The van der Waals surface area contributed by atoms with Crippen LogP contribution in [0.4, 0.5) is 5.95 Å². The van der Waals surface area contributed by atoms with Crippen molar-refractivity contribution in [3.63, 3.8) is 0 Å². The summed E-state index contributed by atoms with van der Waals surface area (Å²) in [5.41, 5.74) is 5.47. The van der Waals surface area contributed by atoms with Gasteiger partial charge in [-0.15, -0.1) is 0 Å². The summed E-state index contributed by atoms with van der Waals surface area (Å²) < 4.78 is 6.08. The summed E-state index contributed by atoms with van der Waals surface area (Å²) in [6.45, 7) is 0. The second-order valence-corrected chi connectivity index (χ2v) is 4.67. The summed E-state index contributed by atoms with van der Waals surface area (Å²) in [5, 5.41) is 0.723. The smallest absolute Gasteiger partial charge is 0.238 e. The van der Waals surface area contributed by atoms with Gasteiger partial charge < -0.3 is 10.5 Å². The molecule has 0 saturated heterocycles. The molecule has 2 aromatic rings. The maximum absolute atomic E-state index is 5.99. The Hall–Kier alpha value is -1.04. The molecule has 17 heavy (non-hydrogen) atoms. The minimum atomic E-state index is 0.112. The standard InChI is InChI=1S/C10H6BrCl2N3O/c11-5-4-15-10(14)16-9(5)17-7-3-1-2-6(12)8(7)13/h1-4H,(H2,14,15,16). The fourth-order valence-corrected chi connectivity index (χ4v) is 1.71. The molecular formula is C10H6BrCl2N3O. The topological polar surface area (TPSA) is 61.0 Å². The maximum Gasteiger partial charge on any atom is 0.238 e. The van der Waals surface area contributed by atoms with Gasteiger partial charge in [0, 0.05) is 0 Å². The molecule has 0 amide bonds. The van der Waals surface area contributed by atoms with E-state index in [0.717, 1.165) is 0 Å². The highest BCUT2D eigenvalue weighted by Crippen LogP contribution is 2.36. The van der Waals surface area contributed by atoms with Gasteiger partial charge in [0.2, 0.25) is 11.8 Å². The molecule has 0 spiro atoms. The molecule has 88 valence electrons. The van der Waals surface area contributed by atoms with Crippen LogP contribution in [0, 0.1) is 0 Å². The van der Waals surface area contributed by atoms with Gasteiger partial charge in [-0.1, -0.05) is 29.3 Å². The number of ether oxygens (including phenoxy) is 1. The quantitative estimate of drug-likeness (QED) is 0.904.